The van der Waals surface area contributed by atoms with E-state index in [2.05, 4.69) is 10.6 Å². The summed E-state index contributed by atoms with van der Waals surface area (Å²) in [5, 5.41) is 16.1. The number of ether oxygens (including phenoxy) is 1. The number of amides is 4. The number of urea groups is 1. The van der Waals surface area contributed by atoms with E-state index < -0.39 is 11.0 Å². The molecule has 10 nitrogen and oxygen atoms in total. The number of anilines is 2. The molecule has 0 spiro atoms. The molecule has 1 aliphatic carbocycles. The largest absolute Gasteiger partial charge is 0.495 e. The Balaban J connectivity index is 1.50. The minimum atomic E-state index is -0.676. The molecular weight excluding hydrogens is 416 g/mol. The third kappa shape index (κ3) is 3.98. The molecule has 1 fully saturated rings. The molecule has 2 N–H and O–H groups in total. The Labute approximate surface area is 183 Å². The number of fused-ring (bicyclic) bond motifs is 1. The molecule has 2 aromatic carbocycles. The van der Waals surface area contributed by atoms with Crippen LogP contribution in [0.25, 0.3) is 0 Å². The molecule has 10 heteroatoms. The summed E-state index contributed by atoms with van der Waals surface area (Å²) in [5.74, 6) is -0.390. The van der Waals surface area contributed by atoms with Crippen molar-refractivity contribution in [1.82, 2.24) is 4.90 Å². The summed E-state index contributed by atoms with van der Waals surface area (Å²) in [7, 11) is 1.38. The summed E-state index contributed by atoms with van der Waals surface area (Å²) in [5.41, 5.74) is 0.816. The van der Waals surface area contributed by atoms with E-state index in [1.165, 1.54) is 42.3 Å². The number of benzene rings is 2. The Kier molecular flexibility index (Phi) is 5.76. The van der Waals surface area contributed by atoms with E-state index in [9.17, 15) is 24.5 Å². The molecule has 0 saturated heterocycles. The summed E-state index contributed by atoms with van der Waals surface area (Å²) < 4.78 is 5.13. The van der Waals surface area contributed by atoms with Gasteiger partial charge in [-0.25, -0.2) is 4.79 Å². The normalized spacial score (nSPS) is 16.0. The van der Waals surface area contributed by atoms with Crippen LogP contribution in [0.1, 0.15) is 52.8 Å². The molecule has 32 heavy (non-hydrogen) atoms. The molecule has 1 aliphatic heterocycles. The van der Waals surface area contributed by atoms with E-state index in [1.807, 2.05) is 0 Å². The highest BCUT2D eigenvalue weighted by Crippen LogP contribution is 2.33. The van der Waals surface area contributed by atoms with Gasteiger partial charge >= 0.3 is 6.03 Å². The van der Waals surface area contributed by atoms with Crippen LogP contribution < -0.4 is 15.4 Å². The number of hydrogen-bond donors (Lipinski definition) is 2. The molecule has 2 aromatic rings. The van der Waals surface area contributed by atoms with Crippen LogP contribution in [-0.2, 0) is 0 Å². The van der Waals surface area contributed by atoms with Gasteiger partial charge in [-0.2, -0.15) is 0 Å². The molecule has 4 amide bonds. The van der Waals surface area contributed by atoms with Gasteiger partial charge in [0, 0.05) is 23.9 Å². The highest BCUT2D eigenvalue weighted by atomic mass is 16.6. The number of carbonyl (C=O) groups excluding carboxylic acids is 3. The molecule has 0 aromatic heterocycles. The summed E-state index contributed by atoms with van der Waals surface area (Å²) in [4.78, 5) is 49.9. The molecular formula is C22H22N4O6. The summed E-state index contributed by atoms with van der Waals surface area (Å²) in [6.07, 6.45) is 4.71. The fraction of sp³-hybridized carbons (Fsp3) is 0.318. The lowest BCUT2D eigenvalue weighted by molar-refractivity contribution is -0.384. The smallest absolute Gasteiger partial charge is 0.323 e. The minimum absolute atomic E-state index is 0.0859. The van der Waals surface area contributed by atoms with Crippen LogP contribution in [0.2, 0.25) is 0 Å². The Morgan fingerprint density at radius 3 is 2.44 bits per heavy atom. The van der Waals surface area contributed by atoms with E-state index in [0.29, 0.717) is 11.3 Å². The van der Waals surface area contributed by atoms with E-state index in [0.717, 1.165) is 32.1 Å². The molecule has 1 saturated carbocycles. The van der Waals surface area contributed by atoms with Crippen molar-refractivity contribution >= 4 is 34.9 Å². The zero-order valence-electron chi connectivity index (χ0n) is 17.4. The number of nitro benzene ring substituents is 1. The van der Waals surface area contributed by atoms with E-state index >= 15 is 0 Å². The highest BCUT2D eigenvalue weighted by molar-refractivity contribution is 6.22. The van der Waals surface area contributed by atoms with Crippen molar-refractivity contribution in [3.63, 3.8) is 0 Å². The van der Waals surface area contributed by atoms with Crippen LogP contribution in [-0.4, -0.2) is 40.8 Å². The zero-order chi connectivity index (χ0) is 22.8. The number of nitro groups is 1. The van der Waals surface area contributed by atoms with Gasteiger partial charge in [-0.05, 0) is 37.1 Å². The number of non-ortho nitro benzene ring substituents is 1. The summed E-state index contributed by atoms with van der Waals surface area (Å²) in [6, 6.07) is 7.62. The molecule has 0 radical (unpaired) electrons. The Morgan fingerprint density at radius 1 is 1.03 bits per heavy atom. The van der Waals surface area contributed by atoms with E-state index in [1.54, 1.807) is 6.07 Å². The van der Waals surface area contributed by atoms with Gasteiger partial charge in [0.1, 0.15) is 5.75 Å². The van der Waals surface area contributed by atoms with Crippen molar-refractivity contribution in [3.05, 3.63) is 57.6 Å². The number of methoxy groups -OCH3 is 1. The Bertz CT molecular complexity index is 1110. The maximum Gasteiger partial charge on any atom is 0.323 e. The standard InChI is InChI=1S/C22H22N4O6/c1-32-19-10-8-15(26(30)31)12-18(19)24-22(29)23-13-7-9-16-17(11-13)21(28)25(20(16)27)14-5-3-2-4-6-14/h7-12,14H,2-6H2,1H3,(H2,23,24,29). The van der Waals surface area contributed by atoms with Crippen LogP contribution in [0.15, 0.2) is 36.4 Å². The van der Waals surface area contributed by atoms with Gasteiger partial charge in [-0.1, -0.05) is 19.3 Å². The van der Waals surface area contributed by atoms with E-state index in [4.69, 9.17) is 4.74 Å². The van der Waals surface area contributed by atoms with Crippen molar-refractivity contribution < 1.29 is 24.0 Å². The third-order valence-corrected chi connectivity index (χ3v) is 5.76. The number of nitrogens with zero attached hydrogens (tertiary/aromatic N) is 2. The van der Waals surface area contributed by atoms with Crippen LogP contribution in [0.5, 0.6) is 5.75 Å². The molecule has 0 atom stereocenters. The van der Waals surface area contributed by atoms with Crippen LogP contribution >= 0.6 is 0 Å². The first-order valence-electron chi connectivity index (χ1n) is 10.3. The fourth-order valence-corrected chi connectivity index (χ4v) is 4.20. The summed E-state index contributed by atoms with van der Waals surface area (Å²) >= 11 is 0. The molecule has 0 bridgehead atoms. The lowest BCUT2D eigenvalue weighted by Gasteiger charge is -2.29. The second kappa shape index (κ2) is 8.66. The summed E-state index contributed by atoms with van der Waals surface area (Å²) in [6.45, 7) is 0. The van der Waals surface area contributed by atoms with Crippen molar-refractivity contribution in [2.45, 2.75) is 38.1 Å². The maximum absolute atomic E-state index is 12.9. The molecule has 2 aliphatic rings. The van der Waals surface area contributed by atoms with Crippen LogP contribution in [0, 0.1) is 10.1 Å². The Morgan fingerprint density at radius 2 is 1.75 bits per heavy atom. The molecule has 1 heterocycles. The van der Waals surface area contributed by atoms with Crippen molar-refractivity contribution in [2.75, 3.05) is 17.7 Å². The lowest BCUT2D eigenvalue weighted by Crippen LogP contribution is -2.40. The average Bonchev–Trinajstić information content (AvgIpc) is 3.03. The zero-order valence-corrected chi connectivity index (χ0v) is 17.4. The lowest BCUT2D eigenvalue weighted by atomic mass is 9.94. The average molecular weight is 438 g/mol. The first-order valence-corrected chi connectivity index (χ1v) is 10.3. The van der Waals surface area contributed by atoms with Crippen molar-refractivity contribution in [1.29, 1.82) is 0 Å². The SMILES string of the molecule is COc1ccc([N+](=O)[O-])cc1NC(=O)Nc1ccc2c(c1)C(=O)N(C1CCCCC1)C2=O. The van der Waals surface area contributed by atoms with Gasteiger partial charge in [-0.3, -0.25) is 24.6 Å². The molecule has 166 valence electrons. The monoisotopic (exact) mass is 438 g/mol. The number of carbonyl (C=O) groups is 3. The van der Waals surface area contributed by atoms with Gasteiger partial charge in [-0.15, -0.1) is 0 Å². The van der Waals surface area contributed by atoms with Gasteiger partial charge < -0.3 is 15.4 Å². The molecule has 0 unspecified atom stereocenters. The van der Waals surface area contributed by atoms with Crippen LogP contribution in [0.3, 0.4) is 0 Å². The first kappa shape index (κ1) is 21.3. The highest BCUT2D eigenvalue weighted by Gasteiger charge is 2.40. The predicted octanol–water partition coefficient (Wildman–Crippen LogP) is 4.18. The number of hydrogen-bond acceptors (Lipinski definition) is 6. The Hall–Kier alpha value is -3.95. The number of nitrogens with one attached hydrogen (secondary N) is 2. The predicted molar refractivity (Wildman–Crippen MR) is 116 cm³/mol. The van der Waals surface area contributed by atoms with Crippen LogP contribution in [0.4, 0.5) is 21.9 Å². The van der Waals surface area contributed by atoms with Gasteiger partial charge in [0.05, 0.1) is 28.8 Å². The fourth-order valence-electron chi connectivity index (χ4n) is 4.20. The number of rotatable bonds is 5. The van der Waals surface area contributed by atoms with Crippen molar-refractivity contribution in [2.24, 2.45) is 0 Å². The van der Waals surface area contributed by atoms with E-state index in [-0.39, 0.29) is 40.5 Å². The quantitative estimate of drug-likeness (QED) is 0.409. The topological polar surface area (TPSA) is 131 Å². The minimum Gasteiger partial charge on any atom is -0.495 e. The second-order valence-corrected chi connectivity index (χ2v) is 7.75. The first-order chi connectivity index (χ1) is 15.4. The third-order valence-electron chi connectivity index (χ3n) is 5.76. The maximum atomic E-state index is 12.9. The van der Waals surface area contributed by atoms with Gasteiger partial charge in [0.2, 0.25) is 0 Å². The number of imide groups is 1. The molecule has 4 rings (SSSR count). The van der Waals surface area contributed by atoms with Crippen molar-refractivity contribution in [3.8, 4) is 5.75 Å². The van der Waals surface area contributed by atoms with Gasteiger partial charge in [0.15, 0.2) is 0 Å². The van der Waals surface area contributed by atoms with Gasteiger partial charge in [0.25, 0.3) is 17.5 Å². The second-order valence-electron chi connectivity index (χ2n) is 7.75.